The molecule has 2 nitrogen and oxygen atoms in total. The van der Waals surface area contributed by atoms with Crippen LogP contribution in [0, 0.1) is 13.8 Å². The number of hydrogen-bond donors (Lipinski definition) is 0. The molecule has 2 aromatic carbocycles. The van der Waals surface area contributed by atoms with Crippen molar-refractivity contribution in [1.82, 2.24) is 0 Å². The van der Waals surface area contributed by atoms with E-state index in [4.69, 9.17) is 16.3 Å². The molecule has 0 amide bonds. The van der Waals surface area contributed by atoms with Crippen LogP contribution in [-0.4, -0.2) is 6.29 Å². The summed E-state index contributed by atoms with van der Waals surface area (Å²) in [6, 6.07) is 9.00. The smallest absolute Gasteiger partial charge is 0.153 e. The molecule has 0 aliphatic rings. The highest BCUT2D eigenvalue weighted by atomic mass is 79.9. The lowest BCUT2D eigenvalue weighted by molar-refractivity contribution is 0.112. The zero-order chi connectivity index (χ0) is 14.0. The van der Waals surface area contributed by atoms with Crippen molar-refractivity contribution < 1.29 is 9.53 Å². The van der Waals surface area contributed by atoms with E-state index in [1.807, 2.05) is 32.0 Å². The van der Waals surface area contributed by atoms with Gasteiger partial charge in [-0.1, -0.05) is 27.5 Å². The Balaban J connectivity index is 2.44. The Kier molecular flexibility index (Phi) is 4.27. The molecule has 0 aliphatic carbocycles. The van der Waals surface area contributed by atoms with Crippen LogP contribution in [0.4, 0.5) is 0 Å². The average molecular weight is 340 g/mol. The first-order chi connectivity index (χ1) is 9.01. The summed E-state index contributed by atoms with van der Waals surface area (Å²) in [7, 11) is 0. The van der Waals surface area contributed by atoms with E-state index in [1.54, 1.807) is 12.1 Å². The number of hydrogen-bond acceptors (Lipinski definition) is 2. The summed E-state index contributed by atoms with van der Waals surface area (Å²) in [5.74, 6) is 1.27. The molecule has 0 unspecified atom stereocenters. The Hall–Kier alpha value is -1.32. The molecular formula is C15H12BrClO2. The highest BCUT2D eigenvalue weighted by Crippen LogP contribution is 2.33. The van der Waals surface area contributed by atoms with Gasteiger partial charge in [-0.05, 0) is 55.3 Å². The van der Waals surface area contributed by atoms with E-state index in [0.29, 0.717) is 16.3 Å². The molecule has 0 saturated carbocycles. The summed E-state index contributed by atoms with van der Waals surface area (Å²) in [6.45, 7) is 3.85. The maximum atomic E-state index is 11.1. The van der Waals surface area contributed by atoms with E-state index in [9.17, 15) is 4.79 Å². The average Bonchev–Trinajstić information content (AvgIpc) is 2.35. The molecule has 19 heavy (non-hydrogen) atoms. The van der Waals surface area contributed by atoms with Crippen LogP contribution < -0.4 is 4.74 Å². The third kappa shape index (κ3) is 3.17. The van der Waals surface area contributed by atoms with Gasteiger partial charge in [0.1, 0.15) is 11.5 Å². The number of aldehydes is 1. The number of carbonyl (C=O) groups is 1. The van der Waals surface area contributed by atoms with Crippen molar-refractivity contribution in [2.24, 2.45) is 0 Å². The van der Waals surface area contributed by atoms with E-state index in [1.165, 1.54) is 0 Å². The number of aryl methyl sites for hydroxylation is 2. The van der Waals surface area contributed by atoms with Gasteiger partial charge in [-0.25, -0.2) is 0 Å². The normalized spacial score (nSPS) is 10.3. The molecule has 0 aromatic heterocycles. The molecule has 0 aliphatic heterocycles. The van der Waals surface area contributed by atoms with Crippen LogP contribution in [0.3, 0.4) is 0 Å². The van der Waals surface area contributed by atoms with Gasteiger partial charge in [-0.2, -0.15) is 0 Å². The van der Waals surface area contributed by atoms with Crippen molar-refractivity contribution >= 4 is 33.8 Å². The summed E-state index contributed by atoms with van der Waals surface area (Å²) in [6.07, 6.45) is 0.778. The third-order valence-corrected chi connectivity index (χ3v) is 3.45. The Morgan fingerprint density at radius 1 is 1.16 bits per heavy atom. The van der Waals surface area contributed by atoms with Gasteiger partial charge >= 0.3 is 0 Å². The number of carbonyl (C=O) groups excluding carboxylic acids is 1. The molecule has 2 aromatic rings. The zero-order valence-corrected chi connectivity index (χ0v) is 12.9. The molecule has 0 spiro atoms. The van der Waals surface area contributed by atoms with E-state index in [2.05, 4.69) is 15.9 Å². The van der Waals surface area contributed by atoms with Crippen LogP contribution in [-0.2, 0) is 0 Å². The lowest BCUT2D eigenvalue weighted by Crippen LogP contribution is -1.95. The first kappa shape index (κ1) is 14.1. The molecule has 4 heteroatoms. The highest BCUT2D eigenvalue weighted by molar-refractivity contribution is 9.10. The van der Waals surface area contributed by atoms with Crippen molar-refractivity contribution in [3.8, 4) is 11.5 Å². The first-order valence-corrected chi connectivity index (χ1v) is 6.87. The zero-order valence-electron chi connectivity index (χ0n) is 10.5. The van der Waals surface area contributed by atoms with E-state index in [0.717, 1.165) is 27.6 Å². The first-order valence-electron chi connectivity index (χ1n) is 5.70. The summed E-state index contributed by atoms with van der Waals surface area (Å²) in [5, 5.41) is 0.675. The van der Waals surface area contributed by atoms with E-state index in [-0.39, 0.29) is 0 Å². The van der Waals surface area contributed by atoms with Crippen molar-refractivity contribution in [3.63, 3.8) is 0 Å². The number of rotatable bonds is 3. The minimum atomic E-state index is 0.503. The minimum Gasteiger partial charge on any atom is -0.456 e. The van der Waals surface area contributed by atoms with Crippen LogP contribution in [0.5, 0.6) is 11.5 Å². The largest absolute Gasteiger partial charge is 0.456 e. The summed E-state index contributed by atoms with van der Waals surface area (Å²) >= 11 is 9.32. The van der Waals surface area contributed by atoms with Gasteiger partial charge in [-0.15, -0.1) is 0 Å². The predicted molar refractivity (Wildman–Crippen MR) is 80.5 cm³/mol. The molecule has 0 saturated heterocycles. The Morgan fingerprint density at radius 3 is 2.37 bits per heavy atom. The van der Waals surface area contributed by atoms with Crippen LogP contribution in [0.15, 0.2) is 34.8 Å². The van der Waals surface area contributed by atoms with Crippen LogP contribution in [0.2, 0.25) is 5.02 Å². The molecule has 0 atom stereocenters. The quantitative estimate of drug-likeness (QED) is 0.707. The van der Waals surface area contributed by atoms with Gasteiger partial charge in [0.25, 0.3) is 0 Å². The Morgan fingerprint density at radius 2 is 1.79 bits per heavy atom. The minimum absolute atomic E-state index is 0.503. The van der Waals surface area contributed by atoms with Gasteiger partial charge < -0.3 is 4.74 Å². The van der Waals surface area contributed by atoms with Gasteiger partial charge in [0.2, 0.25) is 0 Å². The molecule has 2 rings (SSSR count). The topological polar surface area (TPSA) is 26.3 Å². The Bertz CT molecular complexity index is 615. The predicted octanol–water partition coefficient (Wildman–Crippen LogP) is 5.32. The molecule has 0 radical (unpaired) electrons. The summed E-state index contributed by atoms with van der Waals surface area (Å²) in [5.41, 5.74) is 2.37. The van der Waals surface area contributed by atoms with Gasteiger partial charge in [-0.3, -0.25) is 4.79 Å². The van der Waals surface area contributed by atoms with Gasteiger partial charge in [0.05, 0.1) is 5.56 Å². The molecule has 0 fully saturated rings. The van der Waals surface area contributed by atoms with Crippen molar-refractivity contribution in [3.05, 3.63) is 56.5 Å². The number of ether oxygens (including phenoxy) is 1. The summed E-state index contributed by atoms with van der Waals surface area (Å²) < 4.78 is 6.70. The molecule has 0 N–H and O–H groups in total. The van der Waals surface area contributed by atoms with Crippen LogP contribution in [0.1, 0.15) is 21.5 Å². The molecule has 0 bridgehead atoms. The van der Waals surface area contributed by atoms with Crippen molar-refractivity contribution in [1.29, 1.82) is 0 Å². The molecular weight excluding hydrogens is 328 g/mol. The second-order valence-electron chi connectivity index (χ2n) is 4.27. The number of halogens is 2. The van der Waals surface area contributed by atoms with E-state index >= 15 is 0 Å². The highest BCUT2D eigenvalue weighted by Gasteiger charge is 2.10. The maximum absolute atomic E-state index is 11.1. The monoisotopic (exact) mass is 338 g/mol. The van der Waals surface area contributed by atoms with Crippen molar-refractivity contribution in [2.45, 2.75) is 13.8 Å². The standard InChI is InChI=1S/C15H12BrClO2/c1-9-5-13(17)6-10(2)15(9)19-14-4-3-12(16)7-11(14)8-18/h3-8H,1-2H3. The van der Waals surface area contributed by atoms with Gasteiger partial charge in [0.15, 0.2) is 6.29 Å². The fourth-order valence-electron chi connectivity index (χ4n) is 1.87. The molecule has 98 valence electrons. The lowest BCUT2D eigenvalue weighted by Gasteiger charge is -2.13. The third-order valence-electron chi connectivity index (χ3n) is 2.74. The maximum Gasteiger partial charge on any atom is 0.153 e. The van der Waals surface area contributed by atoms with Gasteiger partial charge in [0, 0.05) is 9.50 Å². The fourth-order valence-corrected chi connectivity index (χ4v) is 2.58. The Labute approximate surface area is 125 Å². The SMILES string of the molecule is Cc1cc(Cl)cc(C)c1Oc1ccc(Br)cc1C=O. The van der Waals surface area contributed by atoms with Crippen LogP contribution >= 0.6 is 27.5 Å². The van der Waals surface area contributed by atoms with Crippen molar-refractivity contribution in [2.75, 3.05) is 0 Å². The second-order valence-corrected chi connectivity index (χ2v) is 5.62. The molecule has 0 heterocycles. The van der Waals surface area contributed by atoms with Crippen LogP contribution in [0.25, 0.3) is 0 Å². The summed E-state index contributed by atoms with van der Waals surface area (Å²) in [4.78, 5) is 11.1. The second kappa shape index (κ2) is 5.76. The number of benzene rings is 2. The van der Waals surface area contributed by atoms with E-state index < -0.39 is 0 Å². The fraction of sp³-hybridized carbons (Fsp3) is 0.133. The lowest BCUT2D eigenvalue weighted by atomic mass is 10.1.